The van der Waals surface area contributed by atoms with Gasteiger partial charge in [0.1, 0.15) is 18.4 Å². The number of hydrogen-bond donors (Lipinski definition) is 1. The normalized spacial score (nSPS) is 8.77. The van der Waals surface area contributed by atoms with Crippen LogP contribution in [-0.2, 0) is 11.2 Å². The molecule has 0 unspecified atom stereocenters. The predicted molar refractivity (Wildman–Crippen MR) is 49.2 cm³/mol. The first-order chi connectivity index (χ1) is 6.25. The van der Waals surface area contributed by atoms with Crippen LogP contribution in [0.15, 0.2) is 18.2 Å². The van der Waals surface area contributed by atoms with Gasteiger partial charge >= 0.3 is 0 Å². The molecule has 0 saturated heterocycles. The maximum atomic E-state index is 12.9. The number of carbonyl (C=O) groups excluding carboxylic acids is 1. The lowest BCUT2D eigenvalue weighted by molar-refractivity contribution is -0.0979. The van der Waals surface area contributed by atoms with E-state index in [1.807, 2.05) is 13.7 Å². The SMILES string of the molecule is C=O.CCCc1c(O)cccc1F. The molecule has 13 heavy (non-hydrogen) atoms. The molecule has 2 nitrogen and oxygen atoms in total. The smallest absolute Gasteiger partial charge is 0.130 e. The molecule has 0 atom stereocenters. The van der Waals surface area contributed by atoms with Gasteiger partial charge in [0.25, 0.3) is 0 Å². The van der Waals surface area contributed by atoms with Crippen LogP contribution in [0, 0.1) is 5.82 Å². The number of rotatable bonds is 2. The van der Waals surface area contributed by atoms with Crippen LogP contribution in [0.4, 0.5) is 4.39 Å². The van der Waals surface area contributed by atoms with Crippen LogP contribution < -0.4 is 0 Å². The van der Waals surface area contributed by atoms with E-state index in [2.05, 4.69) is 0 Å². The van der Waals surface area contributed by atoms with E-state index in [-0.39, 0.29) is 11.6 Å². The van der Waals surface area contributed by atoms with Crippen LogP contribution in [0.3, 0.4) is 0 Å². The van der Waals surface area contributed by atoms with Gasteiger partial charge in [0.05, 0.1) is 0 Å². The number of phenolic OH excluding ortho intramolecular Hbond substituents is 1. The van der Waals surface area contributed by atoms with Gasteiger partial charge < -0.3 is 9.90 Å². The van der Waals surface area contributed by atoms with E-state index in [0.29, 0.717) is 12.0 Å². The summed E-state index contributed by atoms with van der Waals surface area (Å²) in [6, 6.07) is 4.38. The van der Waals surface area contributed by atoms with E-state index >= 15 is 0 Å². The molecule has 0 aromatic heterocycles. The van der Waals surface area contributed by atoms with Crippen LogP contribution in [0.2, 0.25) is 0 Å². The van der Waals surface area contributed by atoms with Gasteiger partial charge in [0.15, 0.2) is 0 Å². The number of benzene rings is 1. The Kier molecular flexibility index (Phi) is 5.52. The van der Waals surface area contributed by atoms with Crippen molar-refractivity contribution in [3.8, 4) is 5.75 Å². The highest BCUT2D eigenvalue weighted by atomic mass is 19.1. The summed E-state index contributed by atoms with van der Waals surface area (Å²) in [6.45, 7) is 3.95. The van der Waals surface area contributed by atoms with E-state index in [9.17, 15) is 9.50 Å². The fourth-order valence-corrected chi connectivity index (χ4v) is 1.04. The summed E-state index contributed by atoms with van der Waals surface area (Å²) >= 11 is 0. The summed E-state index contributed by atoms with van der Waals surface area (Å²) < 4.78 is 12.9. The van der Waals surface area contributed by atoms with Gasteiger partial charge in [0.2, 0.25) is 0 Å². The first kappa shape index (κ1) is 11.6. The van der Waals surface area contributed by atoms with Crippen molar-refractivity contribution in [3.05, 3.63) is 29.6 Å². The van der Waals surface area contributed by atoms with Crippen LogP contribution >= 0.6 is 0 Å². The molecule has 3 heteroatoms. The van der Waals surface area contributed by atoms with Crippen molar-refractivity contribution in [2.75, 3.05) is 0 Å². The molecule has 0 saturated carbocycles. The van der Waals surface area contributed by atoms with Crippen LogP contribution in [0.25, 0.3) is 0 Å². The fourth-order valence-electron chi connectivity index (χ4n) is 1.04. The molecule has 0 spiro atoms. The van der Waals surface area contributed by atoms with Crippen LogP contribution in [-0.4, -0.2) is 11.9 Å². The maximum Gasteiger partial charge on any atom is 0.130 e. The summed E-state index contributed by atoms with van der Waals surface area (Å²) in [7, 11) is 0. The molecule has 1 rings (SSSR count). The summed E-state index contributed by atoms with van der Waals surface area (Å²) in [5.74, 6) is -0.251. The number of halogens is 1. The zero-order valence-corrected chi connectivity index (χ0v) is 7.59. The van der Waals surface area contributed by atoms with Crippen molar-refractivity contribution in [3.63, 3.8) is 0 Å². The molecule has 1 aromatic carbocycles. The monoisotopic (exact) mass is 184 g/mol. The van der Waals surface area contributed by atoms with Gasteiger partial charge in [-0.2, -0.15) is 0 Å². The Balaban J connectivity index is 0.000000671. The molecule has 0 radical (unpaired) electrons. The van der Waals surface area contributed by atoms with Crippen molar-refractivity contribution >= 4 is 6.79 Å². The van der Waals surface area contributed by atoms with Crippen molar-refractivity contribution in [2.45, 2.75) is 19.8 Å². The van der Waals surface area contributed by atoms with Gasteiger partial charge in [0, 0.05) is 5.56 Å². The molecule has 0 heterocycles. The van der Waals surface area contributed by atoms with Crippen LogP contribution in [0.5, 0.6) is 5.75 Å². The second-order valence-corrected chi connectivity index (χ2v) is 2.49. The Morgan fingerprint density at radius 3 is 2.54 bits per heavy atom. The minimum Gasteiger partial charge on any atom is -0.508 e. The highest BCUT2D eigenvalue weighted by molar-refractivity contribution is 5.33. The van der Waals surface area contributed by atoms with Gasteiger partial charge in [-0.1, -0.05) is 19.4 Å². The zero-order chi connectivity index (χ0) is 10.3. The molecule has 0 fully saturated rings. The summed E-state index contributed by atoms with van der Waals surface area (Å²) in [6.07, 6.45) is 1.44. The minimum absolute atomic E-state index is 0.0619. The fraction of sp³-hybridized carbons (Fsp3) is 0.300. The quantitative estimate of drug-likeness (QED) is 0.765. The van der Waals surface area contributed by atoms with E-state index in [0.717, 1.165) is 6.42 Å². The molecular formula is C10H13FO2. The number of phenols is 1. The third-order valence-electron chi connectivity index (χ3n) is 1.59. The average Bonchev–Trinajstić information content (AvgIpc) is 2.15. The van der Waals surface area contributed by atoms with Crippen LogP contribution in [0.1, 0.15) is 18.9 Å². The van der Waals surface area contributed by atoms with Gasteiger partial charge in [-0.15, -0.1) is 0 Å². The van der Waals surface area contributed by atoms with Crippen molar-refractivity contribution < 1.29 is 14.3 Å². The molecule has 0 bridgehead atoms. The third-order valence-corrected chi connectivity index (χ3v) is 1.59. The number of carbonyl (C=O) groups is 1. The number of hydrogen-bond acceptors (Lipinski definition) is 2. The first-order valence-electron chi connectivity index (χ1n) is 4.01. The highest BCUT2D eigenvalue weighted by Crippen LogP contribution is 2.20. The Morgan fingerprint density at radius 2 is 2.08 bits per heavy atom. The van der Waals surface area contributed by atoms with Crippen molar-refractivity contribution in [1.82, 2.24) is 0 Å². The second-order valence-electron chi connectivity index (χ2n) is 2.49. The van der Waals surface area contributed by atoms with E-state index < -0.39 is 0 Å². The Hall–Kier alpha value is -1.38. The van der Waals surface area contributed by atoms with E-state index in [4.69, 9.17) is 4.79 Å². The molecule has 0 aliphatic carbocycles. The Labute approximate surface area is 77.0 Å². The average molecular weight is 184 g/mol. The van der Waals surface area contributed by atoms with Crippen molar-refractivity contribution in [1.29, 1.82) is 0 Å². The Morgan fingerprint density at radius 1 is 1.46 bits per heavy atom. The highest BCUT2D eigenvalue weighted by Gasteiger charge is 2.04. The molecule has 0 aliphatic heterocycles. The molecule has 0 aliphatic rings. The summed E-state index contributed by atoms with van der Waals surface area (Å²) in [4.78, 5) is 8.00. The maximum absolute atomic E-state index is 12.9. The zero-order valence-electron chi connectivity index (χ0n) is 7.59. The van der Waals surface area contributed by atoms with Gasteiger partial charge in [-0.3, -0.25) is 0 Å². The molecule has 0 amide bonds. The van der Waals surface area contributed by atoms with Gasteiger partial charge in [-0.25, -0.2) is 4.39 Å². The molecule has 72 valence electrons. The lowest BCUT2D eigenvalue weighted by Crippen LogP contribution is -1.89. The van der Waals surface area contributed by atoms with E-state index in [1.54, 1.807) is 0 Å². The molecule has 1 N–H and O–H groups in total. The van der Waals surface area contributed by atoms with E-state index in [1.165, 1.54) is 18.2 Å². The molecule has 1 aromatic rings. The van der Waals surface area contributed by atoms with Crippen molar-refractivity contribution in [2.24, 2.45) is 0 Å². The van der Waals surface area contributed by atoms with Gasteiger partial charge in [-0.05, 0) is 18.6 Å². The predicted octanol–water partition coefficient (Wildman–Crippen LogP) is 2.30. The standard InChI is InChI=1S/C9H11FO.CH2O/c1-2-4-7-8(10)5-3-6-9(7)11;1-2/h3,5-6,11H,2,4H2,1H3;1H2. The minimum atomic E-state index is -0.313. The second kappa shape index (κ2) is 6.17. The molecular weight excluding hydrogens is 171 g/mol. The third kappa shape index (κ3) is 3.23. The summed E-state index contributed by atoms with van der Waals surface area (Å²) in [5.41, 5.74) is 0.426. The first-order valence-corrected chi connectivity index (χ1v) is 4.01. The largest absolute Gasteiger partial charge is 0.508 e. The topological polar surface area (TPSA) is 37.3 Å². The lowest BCUT2D eigenvalue weighted by atomic mass is 10.1. The number of aromatic hydroxyl groups is 1. The Bertz CT molecular complexity index is 241. The summed E-state index contributed by atoms with van der Waals surface area (Å²) in [5, 5.41) is 9.18. The lowest BCUT2D eigenvalue weighted by Gasteiger charge is -2.02.